The van der Waals surface area contributed by atoms with Gasteiger partial charge in [0.1, 0.15) is 6.04 Å². The van der Waals surface area contributed by atoms with Crippen molar-refractivity contribution >= 4 is 17.8 Å². The van der Waals surface area contributed by atoms with Crippen molar-refractivity contribution in [3.63, 3.8) is 0 Å². The van der Waals surface area contributed by atoms with Crippen molar-refractivity contribution in [1.29, 1.82) is 0 Å². The third-order valence-electron chi connectivity index (χ3n) is 1.76. The van der Waals surface area contributed by atoms with Crippen LogP contribution in [0.2, 0.25) is 0 Å². The van der Waals surface area contributed by atoms with E-state index in [2.05, 4.69) is 15.4 Å². The number of esters is 1. The van der Waals surface area contributed by atoms with E-state index in [1.807, 2.05) is 0 Å². The first-order valence-corrected chi connectivity index (χ1v) is 4.81. The van der Waals surface area contributed by atoms with Gasteiger partial charge in [-0.3, -0.25) is 9.59 Å². The van der Waals surface area contributed by atoms with Gasteiger partial charge in [-0.1, -0.05) is 0 Å². The molecule has 0 radical (unpaired) electrons. The molecule has 0 heterocycles. The topological polar surface area (TPSA) is 111 Å². The maximum absolute atomic E-state index is 11.2. The Morgan fingerprint density at radius 3 is 2.44 bits per heavy atom. The van der Waals surface area contributed by atoms with Crippen LogP contribution in [0.1, 0.15) is 13.3 Å². The lowest BCUT2D eigenvalue weighted by Gasteiger charge is -2.15. The maximum atomic E-state index is 11.2. The number of ether oxygens (including phenoxy) is 1. The van der Waals surface area contributed by atoms with Crippen LogP contribution in [0.25, 0.3) is 0 Å². The lowest BCUT2D eigenvalue weighted by molar-refractivity contribution is -0.144. The highest BCUT2D eigenvalue weighted by Gasteiger charge is 2.19. The molecule has 0 bridgehead atoms. The molecule has 7 heteroatoms. The van der Waals surface area contributed by atoms with Gasteiger partial charge in [-0.25, -0.2) is 4.79 Å². The molecular formula is C9H17N3O4. The quantitative estimate of drug-likeness (QED) is 0.351. The van der Waals surface area contributed by atoms with Crippen LogP contribution in [0, 0.1) is 0 Å². The number of methoxy groups -OCH3 is 1. The van der Waals surface area contributed by atoms with Crippen LogP contribution in [0.5, 0.6) is 0 Å². The second kappa shape index (κ2) is 7.63. The van der Waals surface area contributed by atoms with Gasteiger partial charge in [0, 0.05) is 26.4 Å². The van der Waals surface area contributed by atoms with Crippen LogP contribution in [0.15, 0.2) is 0 Å². The zero-order valence-corrected chi connectivity index (χ0v) is 9.41. The summed E-state index contributed by atoms with van der Waals surface area (Å²) in [6, 6.07) is -0.754. The Hall–Kier alpha value is -1.63. The average molecular weight is 231 g/mol. The smallest absolute Gasteiger partial charge is 0.329 e. The van der Waals surface area contributed by atoms with Gasteiger partial charge in [0.25, 0.3) is 0 Å². The van der Waals surface area contributed by atoms with Gasteiger partial charge in [0.15, 0.2) is 0 Å². The highest BCUT2D eigenvalue weighted by molar-refractivity contribution is 5.83. The van der Waals surface area contributed by atoms with E-state index in [1.54, 1.807) is 0 Å². The Labute approximate surface area is 93.7 Å². The summed E-state index contributed by atoms with van der Waals surface area (Å²) in [5.41, 5.74) is 4.94. The van der Waals surface area contributed by atoms with Gasteiger partial charge in [0.05, 0.1) is 7.11 Å². The third-order valence-corrected chi connectivity index (χ3v) is 1.76. The predicted octanol–water partition coefficient (Wildman–Crippen LogP) is -1.87. The molecule has 0 aromatic heterocycles. The minimum atomic E-state index is -0.754. The molecule has 0 aromatic carbocycles. The molecule has 7 nitrogen and oxygen atoms in total. The molecule has 0 rings (SSSR count). The fraction of sp³-hybridized carbons (Fsp3) is 0.667. The second-order valence-electron chi connectivity index (χ2n) is 3.20. The molecule has 0 saturated carbocycles. The molecule has 0 aliphatic heterocycles. The Balaban J connectivity index is 3.97. The summed E-state index contributed by atoms with van der Waals surface area (Å²) in [7, 11) is 1.24. The minimum Gasteiger partial charge on any atom is -0.467 e. The largest absolute Gasteiger partial charge is 0.467 e. The molecule has 1 unspecified atom stereocenters. The molecule has 1 atom stereocenters. The van der Waals surface area contributed by atoms with Gasteiger partial charge in [-0.15, -0.1) is 0 Å². The summed E-state index contributed by atoms with van der Waals surface area (Å²) < 4.78 is 4.51. The third kappa shape index (κ3) is 6.77. The zero-order chi connectivity index (χ0) is 12.6. The van der Waals surface area contributed by atoms with Gasteiger partial charge >= 0.3 is 5.97 Å². The number of carbonyl (C=O) groups is 3. The molecular weight excluding hydrogens is 214 g/mol. The fourth-order valence-electron chi connectivity index (χ4n) is 1.04. The van der Waals surface area contributed by atoms with Crippen LogP contribution in [-0.4, -0.2) is 44.0 Å². The normalized spacial score (nSPS) is 11.6. The highest BCUT2D eigenvalue weighted by Crippen LogP contribution is 1.87. The van der Waals surface area contributed by atoms with E-state index >= 15 is 0 Å². The van der Waals surface area contributed by atoms with Crippen LogP contribution < -0.4 is 16.4 Å². The molecule has 0 fully saturated rings. The molecule has 0 spiro atoms. The van der Waals surface area contributed by atoms with Crippen molar-refractivity contribution in [2.24, 2.45) is 5.73 Å². The number of primary amides is 1. The van der Waals surface area contributed by atoms with Crippen LogP contribution >= 0.6 is 0 Å². The summed E-state index contributed by atoms with van der Waals surface area (Å²) in [4.78, 5) is 32.4. The first kappa shape index (κ1) is 14.4. The Morgan fingerprint density at radius 2 is 2.00 bits per heavy atom. The standard InChI is InChI=1S/C9H17N3O4/c1-6(13)12-7(9(15)16-2)5-11-4-3-8(10)14/h7,11H,3-5H2,1-2H3,(H2,10,14)(H,12,13). The molecule has 92 valence electrons. The van der Waals surface area contributed by atoms with E-state index < -0.39 is 17.9 Å². The number of nitrogens with two attached hydrogens (primary N) is 1. The van der Waals surface area contributed by atoms with E-state index in [4.69, 9.17) is 5.73 Å². The molecule has 0 saturated heterocycles. The Kier molecular flexibility index (Phi) is 6.86. The van der Waals surface area contributed by atoms with E-state index in [1.165, 1.54) is 14.0 Å². The number of carbonyl (C=O) groups excluding carboxylic acids is 3. The van der Waals surface area contributed by atoms with Crippen LogP contribution in [0.4, 0.5) is 0 Å². The molecule has 16 heavy (non-hydrogen) atoms. The van der Waals surface area contributed by atoms with E-state index in [0.717, 1.165) is 0 Å². The van der Waals surface area contributed by atoms with Gasteiger partial charge in [-0.05, 0) is 0 Å². The van der Waals surface area contributed by atoms with Gasteiger partial charge in [-0.2, -0.15) is 0 Å². The van der Waals surface area contributed by atoms with Crippen molar-refractivity contribution in [2.75, 3.05) is 20.2 Å². The summed E-state index contributed by atoms with van der Waals surface area (Å²) in [5.74, 6) is -1.30. The van der Waals surface area contributed by atoms with Crippen molar-refractivity contribution in [1.82, 2.24) is 10.6 Å². The minimum absolute atomic E-state index is 0.175. The van der Waals surface area contributed by atoms with Crippen molar-refractivity contribution in [3.05, 3.63) is 0 Å². The summed E-state index contributed by atoms with van der Waals surface area (Å²) in [6.45, 7) is 1.85. The lowest BCUT2D eigenvalue weighted by atomic mass is 10.3. The number of rotatable bonds is 7. The van der Waals surface area contributed by atoms with Gasteiger partial charge in [0.2, 0.25) is 11.8 Å². The van der Waals surface area contributed by atoms with Gasteiger partial charge < -0.3 is 21.1 Å². The Bertz CT molecular complexity index is 267. The second-order valence-corrected chi connectivity index (χ2v) is 3.20. The first-order valence-electron chi connectivity index (χ1n) is 4.81. The maximum Gasteiger partial charge on any atom is 0.329 e. The fourth-order valence-corrected chi connectivity index (χ4v) is 1.04. The average Bonchev–Trinajstić information content (AvgIpc) is 2.20. The number of amides is 2. The van der Waals surface area contributed by atoms with Crippen molar-refractivity contribution in [2.45, 2.75) is 19.4 Å². The zero-order valence-electron chi connectivity index (χ0n) is 9.41. The molecule has 0 aliphatic carbocycles. The summed E-state index contributed by atoms with van der Waals surface area (Å²) >= 11 is 0. The van der Waals surface area contributed by atoms with Crippen LogP contribution in [0.3, 0.4) is 0 Å². The molecule has 0 aromatic rings. The van der Waals surface area contributed by atoms with E-state index in [9.17, 15) is 14.4 Å². The Morgan fingerprint density at radius 1 is 1.38 bits per heavy atom. The molecule has 2 amide bonds. The number of hydrogen-bond acceptors (Lipinski definition) is 5. The summed E-state index contributed by atoms with van der Waals surface area (Å²) in [5, 5.41) is 5.25. The van der Waals surface area contributed by atoms with E-state index in [0.29, 0.717) is 6.54 Å². The van der Waals surface area contributed by atoms with Crippen molar-refractivity contribution in [3.8, 4) is 0 Å². The lowest BCUT2D eigenvalue weighted by Crippen LogP contribution is -2.47. The predicted molar refractivity (Wildman–Crippen MR) is 56.3 cm³/mol. The molecule has 0 aliphatic rings. The number of hydrogen-bond donors (Lipinski definition) is 3. The van der Waals surface area contributed by atoms with E-state index in [-0.39, 0.29) is 18.9 Å². The SMILES string of the molecule is COC(=O)C(CNCCC(N)=O)NC(C)=O. The summed E-state index contributed by atoms with van der Waals surface area (Å²) in [6.07, 6.45) is 0.175. The van der Waals surface area contributed by atoms with Crippen LogP contribution in [-0.2, 0) is 19.1 Å². The number of nitrogens with one attached hydrogen (secondary N) is 2. The monoisotopic (exact) mass is 231 g/mol. The molecule has 4 N–H and O–H groups in total. The first-order chi connectivity index (χ1) is 7.47. The van der Waals surface area contributed by atoms with Crippen molar-refractivity contribution < 1.29 is 19.1 Å². The highest BCUT2D eigenvalue weighted by atomic mass is 16.5.